The Balaban J connectivity index is 1.38. The van der Waals surface area contributed by atoms with Crippen molar-refractivity contribution in [1.82, 2.24) is 9.13 Å². The summed E-state index contributed by atoms with van der Waals surface area (Å²) in [5, 5.41) is 14.4. The maximum atomic E-state index is 9.49. The zero-order valence-corrected chi connectivity index (χ0v) is 24.9. The molecule has 7 aromatic carbocycles. The first-order valence-corrected chi connectivity index (χ1v) is 15.5. The third-order valence-electron chi connectivity index (χ3n) is 9.17. The van der Waals surface area contributed by atoms with E-state index >= 15 is 0 Å². The van der Waals surface area contributed by atoms with Gasteiger partial charge in [0.05, 0.1) is 33.7 Å². The number of fused-ring (bicyclic) bond motifs is 6. The molecule has 0 saturated heterocycles. The van der Waals surface area contributed by atoms with Crippen LogP contribution >= 0.6 is 0 Å². The van der Waals surface area contributed by atoms with Crippen molar-refractivity contribution in [2.75, 3.05) is 0 Å². The van der Waals surface area contributed by atoms with Gasteiger partial charge in [0.1, 0.15) is 0 Å². The molecule has 0 saturated carbocycles. The Kier molecular flexibility index (Phi) is 5.88. The van der Waals surface area contributed by atoms with E-state index in [-0.39, 0.29) is 0 Å². The Morgan fingerprint density at radius 3 is 1.28 bits per heavy atom. The molecule has 0 aliphatic carbocycles. The monoisotopic (exact) mass is 585 g/mol. The van der Waals surface area contributed by atoms with Crippen LogP contribution in [0.2, 0.25) is 0 Å². The van der Waals surface area contributed by atoms with Crippen molar-refractivity contribution in [1.29, 1.82) is 5.26 Å². The summed E-state index contributed by atoms with van der Waals surface area (Å²) in [6, 6.07) is 60.2. The fourth-order valence-corrected chi connectivity index (χ4v) is 7.22. The molecule has 2 heterocycles. The molecule has 0 amide bonds. The number of nitriles is 1. The number of hydrogen-bond acceptors (Lipinski definition) is 1. The van der Waals surface area contributed by atoms with Crippen molar-refractivity contribution in [3.05, 3.63) is 169 Å². The highest BCUT2D eigenvalue weighted by Crippen LogP contribution is 2.44. The number of para-hydroxylation sites is 5. The van der Waals surface area contributed by atoms with Gasteiger partial charge < -0.3 is 9.13 Å². The second kappa shape index (κ2) is 10.4. The van der Waals surface area contributed by atoms with E-state index in [1.165, 1.54) is 49.3 Å². The normalized spacial score (nSPS) is 11.5. The molecule has 0 aliphatic rings. The third kappa shape index (κ3) is 3.84. The van der Waals surface area contributed by atoms with E-state index in [2.05, 4.69) is 155 Å². The molecule has 0 radical (unpaired) electrons. The van der Waals surface area contributed by atoms with Crippen molar-refractivity contribution >= 4 is 43.6 Å². The third-order valence-corrected chi connectivity index (χ3v) is 9.17. The molecule has 0 fully saturated rings. The molecule has 2 aromatic heterocycles. The lowest BCUT2D eigenvalue weighted by atomic mass is 9.92. The average molecular weight is 586 g/mol. The molecule has 0 atom stereocenters. The minimum absolute atomic E-state index is 0.650. The van der Waals surface area contributed by atoms with Crippen molar-refractivity contribution < 1.29 is 0 Å². The minimum atomic E-state index is 0.650. The van der Waals surface area contributed by atoms with E-state index < -0.39 is 0 Å². The van der Waals surface area contributed by atoms with E-state index in [1.807, 2.05) is 24.3 Å². The highest BCUT2D eigenvalue weighted by molar-refractivity contribution is 6.17. The number of hydrogen-bond donors (Lipinski definition) is 0. The Morgan fingerprint density at radius 2 is 0.761 bits per heavy atom. The van der Waals surface area contributed by atoms with Crippen LogP contribution in [-0.2, 0) is 0 Å². The van der Waals surface area contributed by atoms with Crippen LogP contribution in [0.15, 0.2) is 164 Å². The summed E-state index contributed by atoms with van der Waals surface area (Å²) >= 11 is 0. The van der Waals surface area contributed by atoms with Gasteiger partial charge in [0, 0.05) is 44.0 Å². The molecule has 9 aromatic rings. The molecular formula is C43H27N3. The predicted octanol–water partition coefficient (Wildman–Crippen LogP) is 11.1. The summed E-state index contributed by atoms with van der Waals surface area (Å²) in [6.45, 7) is 0. The van der Waals surface area contributed by atoms with E-state index in [9.17, 15) is 5.26 Å². The lowest BCUT2D eigenvalue weighted by Crippen LogP contribution is -1.97. The zero-order valence-electron chi connectivity index (χ0n) is 24.9. The maximum Gasteiger partial charge on any atom is 0.0991 e. The van der Waals surface area contributed by atoms with Crippen molar-refractivity contribution in [3.63, 3.8) is 0 Å². The van der Waals surface area contributed by atoms with Gasteiger partial charge >= 0.3 is 0 Å². The van der Waals surface area contributed by atoms with Crippen LogP contribution in [0.3, 0.4) is 0 Å². The van der Waals surface area contributed by atoms with Gasteiger partial charge in [-0.05, 0) is 59.7 Å². The maximum absolute atomic E-state index is 9.49. The van der Waals surface area contributed by atoms with Gasteiger partial charge in [-0.25, -0.2) is 0 Å². The van der Waals surface area contributed by atoms with Gasteiger partial charge in [-0.1, -0.05) is 115 Å². The molecule has 46 heavy (non-hydrogen) atoms. The number of benzene rings is 7. The molecule has 0 bridgehead atoms. The Labute approximate surface area is 266 Å². The van der Waals surface area contributed by atoms with Crippen LogP contribution in [0.25, 0.3) is 77.2 Å². The number of nitrogens with zero attached hydrogens (tertiary/aromatic N) is 3. The van der Waals surface area contributed by atoms with E-state index in [0.717, 1.165) is 28.0 Å². The minimum Gasteiger partial charge on any atom is -0.309 e. The second-order valence-corrected chi connectivity index (χ2v) is 11.6. The van der Waals surface area contributed by atoms with Crippen LogP contribution in [0.5, 0.6) is 0 Å². The van der Waals surface area contributed by atoms with Gasteiger partial charge in [-0.2, -0.15) is 5.26 Å². The Hall–Kier alpha value is -6.37. The molecule has 3 nitrogen and oxygen atoms in total. The standard InChI is InChI=1S/C43H27N3/c44-28-29-24-26-31(27-25-29)46-41-23-9-7-17-35(41)39-21-11-19-37(43(39)46)33-15-5-4-14-32(33)36-18-10-20-38-34-16-6-8-22-40(34)45(42(36)38)30-12-2-1-3-13-30/h1-27H. The van der Waals surface area contributed by atoms with E-state index in [0.29, 0.717) is 5.56 Å². The quantitative estimate of drug-likeness (QED) is 0.202. The SMILES string of the molecule is N#Cc1ccc(-n2c3ccccc3c3cccc(-c4ccccc4-c4cccc5c6ccccc6n(-c6ccccc6)c45)c32)cc1. The Bertz CT molecular complexity index is 2630. The topological polar surface area (TPSA) is 33.6 Å². The number of aromatic nitrogens is 2. The average Bonchev–Trinajstić information content (AvgIpc) is 3.65. The summed E-state index contributed by atoms with van der Waals surface area (Å²) in [7, 11) is 0. The molecule has 0 unspecified atom stereocenters. The lowest BCUT2D eigenvalue weighted by Gasteiger charge is -2.17. The first-order chi connectivity index (χ1) is 22.8. The summed E-state index contributed by atoms with van der Waals surface area (Å²) in [6.07, 6.45) is 0. The molecule has 3 heteroatoms. The summed E-state index contributed by atoms with van der Waals surface area (Å²) in [5.41, 5.74) is 12.2. The van der Waals surface area contributed by atoms with Crippen LogP contribution in [0, 0.1) is 11.3 Å². The molecule has 9 rings (SSSR count). The van der Waals surface area contributed by atoms with Crippen molar-refractivity contribution in [3.8, 4) is 39.7 Å². The highest BCUT2D eigenvalue weighted by atomic mass is 15.0. The summed E-state index contributed by atoms with van der Waals surface area (Å²) in [4.78, 5) is 0. The predicted molar refractivity (Wildman–Crippen MR) is 191 cm³/mol. The molecular weight excluding hydrogens is 558 g/mol. The largest absolute Gasteiger partial charge is 0.309 e. The number of rotatable bonds is 4. The molecule has 0 aliphatic heterocycles. The van der Waals surface area contributed by atoms with Crippen LogP contribution in [0.4, 0.5) is 0 Å². The second-order valence-electron chi connectivity index (χ2n) is 11.6. The highest BCUT2D eigenvalue weighted by Gasteiger charge is 2.21. The van der Waals surface area contributed by atoms with Crippen LogP contribution in [-0.4, -0.2) is 9.13 Å². The summed E-state index contributed by atoms with van der Waals surface area (Å²) in [5.74, 6) is 0. The van der Waals surface area contributed by atoms with E-state index in [4.69, 9.17) is 0 Å². The fourth-order valence-electron chi connectivity index (χ4n) is 7.22. The fraction of sp³-hybridized carbons (Fsp3) is 0. The van der Waals surface area contributed by atoms with Gasteiger partial charge in [0.15, 0.2) is 0 Å². The first-order valence-electron chi connectivity index (χ1n) is 15.5. The van der Waals surface area contributed by atoms with Crippen LogP contribution in [0.1, 0.15) is 5.56 Å². The summed E-state index contributed by atoms with van der Waals surface area (Å²) < 4.78 is 4.75. The van der Waals surface area contributed by atoms with Gasteiger partial charge in [0.2, 0.25) is 0 Å². The lowest BCUT2D eigenvalue weighted by molar-refractivity contribution is 1.18. The smallest absolute Gasteiger partial charge is 0.0991 e. The molecule has 214 valence electrons. The van der Waals surface area contributed by atoms with Gasteiger partial charge in [0.25, 0.3) is 0 Å². The van der Waals surface area contributed by atoms with Crippen LogP contribution < -0.4 is 0 Å². The molecule has 0 spiro atoms. The first kappa shape index (κ1) is 26.1. The van der Waals surface area contributed by atoms with E-state index in [1.54, 1.807) is 0 Å². The van der Waals surface area contributed by atoms with Crippen molar-refractivity contribution in [2.24, 2.45) is 0 Å². The van der Waals surface area contributed by atoms with Gasteiger partial charge in [-0.15, -0.1) is 0 Å². The molecule has 0 N–H and O–H groups in total. The zero-order chi connectivity index (χ0) is 30.6. The van der Waals surface area contributed by atoms with Gasteiger partial charge in [-0.3, -0.25) is 0 Å². The Morgan fingerprint density at radius 1 is 0.348 bits per heavy atom. The van der Waals surface area contributed by atoms with Crippen molar-refractivity contribution in [2.45, 2.75) is 0 Å².